The zero-order valence-corrected chi connectivity index (χ0v) is 13.0. The molecule has 3 aliphatic heterocycles. The van der Waals surface area contributed by atoms with Gasteiger partial charge in [0.2, 0.25) is 0 Å². The van der Waals surface area contributed by atoms with Crippen molar-refractivity contribution in [3.05, 3.63) is 0 Å². The van der Waals surface area contributed by atoms with E-state index in [2.05, 4.69) is 18.7 Å². The summed E-state index contributed by atoms with van der Waals surface area (Å²) in [4.78, 5) is 27.8. The quantitative estimate of drug-likeness (QED) is 0.850. The third-order valence-electron chi connectivity index (χ3n) is 5.77. The van der Waals surface area contributed by atoms with Crippen LogP contribution in [0, 0.1) is 17.8 Å². The first kappa shape index (κ1) is 14.7. The van der Waals surface area contributed by atoms with Gasteiger partial charge < -0.3 is 14.9 Å². The summed E-state index contributed by atoms with van der Waals surface area (Å²) >= 11 is 0. The molecule has 0 aliphatic carbocycles. The Bertz CT molecular complexity index is 415. The molecule has 3 rings (SSSR count). The van der Waals surface area contributed by atoms with Gasteiger partial charge in [0.05, 0.1) is 0 Å². The maximum Gasteiger partial charge on any atom is 0.320 e. The van der Waals surface area contributed by atoms with Crippen molar-refractivity contribution in [2.75, 3.05) is 13.1 Å². The predicted octanol–water partition coefficient (Wildman–Crippen LogP) is 2.41. The molecule has 3 heterocycles. The van der Waals surface area contributed by atoms with Crippen LogP contribution in [0.3, 0.4) is 0 Å². The van der Waals surface area contributed by atoms with E-state index >= 15 is 0 Å². The molecule has 3 saturated heterocycles. The summed E-state index contributed by atoms with van der Waals surface area (Å²) in [6.07, 6.45) is 4.09. The molecule has 118 valence electrons. The van der Waals surface area contributed by atoms with Gasteiger partial charge in [-0.3, -0.25) is 4.79 Å². The van der Waals surface area contributed by atoms with Crippen LogP contribution in [0.2, 0.25) is 0 Å². The number of aliphatic carboxylic acids is 1. The summed E-state index contributed by atoms with van der Waals surface area (Å²) in [6.45, 7) is 6.17. The Morgan fingerprint density at radius 3 is 2.05 bits per heavy atom. The third kappa shape index (κ3) is 2.74. The van der Waals surface area contributed by atoms with Gasteiger partial charge in [0.25, 0.3) is 0 Å². The molecular formula is C16H26N2O3. The molecule has 2 bridgehead atoms. The second kappa shape index (κ2) is 5.50. The number of fused-ring (bicyclic) bond motifs is 2. The molecule has 4 unspecified atom stereocenters. The van der Waals surface area contributed by atoms with Crippen LogP contribution in [-0.4, -0.2) is 52.1 Å². The minimum absolute atomic E-state index is 0.201. The lowest BCUT2D eigenvalue weighted by molar-refractivity contribution is -0.138. The number of carboxylic acids is 1. The number of hydrogen-bond acceptors (Lipinski definition) is 2. The zero-order chi connectivity index (χ0) is 15.1. The second-order valence-electron chi connectivity index (χ2n) is 7.37. The van der Waals surface area contributed by atoms with Gasteiger partial charge in [-0.15, -0.1) is 0 Å². The minimum atomic E-state index is -0.707. The third-order valence-corrected chi connectivity index (χ3v) is 5.77. The maximum atomic E-state index is 12.8. The van der Waals surface area contributed by atoms with Crippen LogP contribution in [0.25, 0.3) is 0 Å². The van der Waals surface area contributed by atoms with E-state index in [4.69, 9.17) is 5.11 Å². The number of amides is 2. The van der Waals surface area contributed by atoms with Gasteiger partial charge in [-0.25, -0.2) is 4.79 Å². The number of likely N-dealkylation sites (tertiary alicyclic amines) is 1. The molecule has 5 heteroatoms. The van der Waals surface area contributed by atoms with Crippen LogP contribution >= 0.6 is 0 Å². The van der Waals surface area contributed by atoms with Crippen molar-refractivity contribution in [3.8, 4) is 0 Å². The lowest BCUT2D eigenvalue weighted by Gasteiger charge is -2.40. The number of urea groups is 1. The molecule has 0 aromatic carbocycles. The van der Waals surface area contributed by atoms with E-state index in [9.17, 15) is 9.59 Å². The number of piperidine rings is 1. The molecule has 0 radical (unpaired) electrons. The Kier molecular flexibility index (Phi) is 3.84. The van der Waals surface area contributed by atoms with Crippen molar-refractivity contribution >= 4 is 12.0 Å². The average Bonchev–Trinajstić information content (AvgIpc) is 2.87. The number of carbonyl (C=O) groups is 2. The number of nitrogens with zero attached hydrogens (tertiary/aromatic N) is 2. The molecule has 5 nitrogen and oxygen atoms in total. The standard InChI is InChI=1S/C16H26N2O3/c1-10-8-17(9-11(10)2)16(21)18-13-3-4-14(18)6-12(5-13)7-15(19)20/h10-14H,3-9H2,1-2H3,(H,19,20). The molecule has 0 spiro atoms. The molecule has 4 atom stereocenters. The Morgan fingerprint density at radius 1 is 1.05 bits per heavy atom. The van der Waals surface area contributed by atoms with E-state index in [1.807, 2.05) is 4.90 Å². The molecule has 21 heavy (non-hydrogen) atoms. The van der Waals surface area contributed by atoms with Gasteiger partial charge in [-0.05, 0) is 43.4 Å². The molecule has 3 aliphatic rings. The number of rotatable bonds is 2. The smallest absolute Gasteiger partial charge is 0.320 e. The Morgan fingerprint density at radius 2 is 1.57 bits per heavy atom. The van der Waals surface area contributed by atoms with Crippen molar-refractivity contribution in [2.45, 2.75) is 58.0 Å². The minimum Gasteiger partial charge on any atom is -0.481 e. The van der Waals surface area contributed by atoms with Gasteiger partial charge >= 0.3 is 12.0 Å². The topological polar surface area (TPSA) is 60.9 Å². The van der Waals surface area contributed by atoms with E-state index < -0.39 is 5.97 Å². The summed E-state index contributed by atoms with van der Waals surface area (Å²) in [6, 6.07) is 0.742. The van der Waals surface area contributed by atoms with Crippen LogP contribution in [0.1, 0.15) is 46.0 Å². The maximum absolute atomic E-state index is 12.8. The molecule has 1 N–H and O–H groups in total. The Hall–Kier alpha value is -1.26. The van der Waals surface area contributed by atoms with E-state index in [0.717, 1.165) is 38.8 Å². The molecule has 0 aromatic rings. The van der Waals surface area contributed by atoms with Crippen LogP contribution < -0.4 is 0 Å². The Labute approximate surface area is 126 Å². The molecular weight excluding hydrogens is 268 g/mol. The largest absolute Gasteiger partial charge is 0.481 e. The molecule has 0 aromatic heterocycles. The summed E-state index contributed by atoms with van der Waals surface area (Å²) in [5, 5.41) is 8.98. The molecule has 3 fully saturated rings. The van der Waals surface area contributed by atoms with Crippen molar-refractivity contribution in [1.29, 1.82) is 0 Å². The zero-order valence-electron chi connectivity index (χ0n) is 13.0. The van der Waals surface area contributed by atoms with Crippen molar-refractivity contribution in [2.24, 2.45) is 17.8 Å². The van der Waals surface area contributed by atoms with E-state index in [1.54, 1.807) is 0 Å². The molecule has 2 amide bonds. The summed E-state index contributed by atoms with van der Waals surface area (Å²) < 4.78 is 0. The SMILES string of the molecule is CC1CN(C(=O)N2C3CCC2CC(CC(=O)O)C3)CC1C. The fraction of sp³-hybridized carbons (Fsp3) is 0.875. The van der Waals surface area contributed by atoms with E-state index in [0.29, 0.717) is 11.8 Å². The van der Waals surface area contributed by atoms with E-state index in [1.165, 1.54) is 0 Å². The highest BCUT2D eigenvalue weighted by Crippen LogP contribution is 2.41. The second-order valence-corrected chi connectivity index (χ2v) is 7.37. The van der Waals surface area contributed by atoms with E-state index in [-0.39, 0.29) is 30.5 Å². The first-order chi connectivity index (χ1) is 9.95. The number of carbonyl (C=O) groups excluding carboxylic acids is 1. The van der Waals surface area contributed by atoms with Crippen LogP contribution in [0.5, 0.6) is 0 Å². The monoisotopic (exact) mass is 294 g/mol. The summed E-state index contributed by atoms with van der Waals surface area (Å²) in [7, 11) is 0. The predicted molar refractivity (Wildman–Crippen MR) is 78.9 cm³/mol. The van der Waals surface area contributed by atoms with Crippen molar-refractivity contribution < 1.29 is 14.7 Å². The fourth-order valence-corrected chi connectivity index (χ4v) is 4.46. The lowest BCUT2D eigenvalue weighted by Crippen LogP contribution is -2.52. The first-order valence-corrected chi connectivity index (χ1v) is 8.24. The highest BCUT2D eigenvalue weighted by molar-refractivity contribution is 5.76. The molecule has 0 saturated carbocycles. The number of carboxylic acid groups (broad SMARTS) is 1. The fourth-order valence-electron chi connectivity index (χ4n) is 4.46. The van der Waals surface area contributed by atoms with Crippen LogP contribution in [-0.2, 0) is 4.79 Å². The number of hydrogen-bond donors (Lipinski definition) is 1. The van der Waals surface area contributed by atoms with Crippen molar-refractivity contribution in [3.63, 3.8) is 0 Å². The van der Waals surface area contributed by atoms with Gasteiger partial charge in [0, 0.05) is 31.6 Å². The average molecular weight is 294 g/mol. The summed E-state index contributed by atoms with van der Waals surface area (Å²) in [5.41, 5.74) is 0. The lowest BCUT2D eigenvalue weighted by atomic mass is 9.88. The van der Waals surface area contributed by atoms with Gasteiger partial charge in [0.1, 0.15) is 0 Å². The van der Waals surface area contributed by atoms with Gasteiger partial charge in [-0.2, -0.15) is 0 Å². The first-order valence-electron chi connectivity index (χ1n) is 8.24. The summed E-state index contributed by atoms with van der Waals surface area (Å²) in [5.74, 6) is 0.703. The van der Waals surface area contributed by atoms with Crippen molar-refractivity contribution in [1.82, 2.24) is 9.80 Å². The Balaban J connectivity index is 1.65. The van der Waals surface area contributed by atoms with Gasteiger partial charge in [-0.1, -0.05) is 13.8 Å². The highest BCUT2D eigenvalue weighted by Gasteiger charge is 2.45. The van der Waals surface area contributed by atoms with Gasteiger partial charge in [0.15, 0.2) is 0 Å². The normalized spacial score (nSPS) is 38.9. The highest BCUT2D eigenvalue weighted by atomic mass is 16.4. The van der Waals surface area contributed by atoms with Crippen LogP contribution in [0.15, 0.2) is 0 Å². The van der Waals surface area contributed by atoms with Crippen LogP contribution in [0.4, 0.5) is 4.79 Å².